The summed E-state index contributed by atoms with van der Waals surface area (Å²) >= 11 is 3.76. The van der Waals surface area contributed by atoms with Crippen LogP contribution in [0.2, 0.25) is 0 Å². The van der Waals surface area contributed by atoms with E-state index in [-0.39, 0.29) is 48.3 Å². The van der Waals surface area contributed by atoms with E-state index in [1.807, 2.05) is 45.0 Å². The number of benzene rings is 1. The molecule has 3 aliphatic rings. The summed E-state index contributed by atoms with van der Waals surface area (Å²) in [5.74, 6) is -2.56. The van der Waals surface area contributed by atoms with Crippen LogP contribution in [0.15, 0.2) is 49.6 Å². The molecule has 2 aromatic rings. The Morgan fingerprint density at radius 1 is 1.20 bits per heavy atom. The van der Waals surface area contributed by atoms with Gasteiger partial charge in [0.2, 0.25) is 17.7 Å². The van der Waals surface area contributed by atoms with Crippen LogP contribution in [0.3, 0.4) is 0 Å². The van der Waals surface area contributed by atoms with Gasteiger partial charge in [-0.05, 0) is 30.9 Å². The summed E-state index contributed by atoms with van der Waals surface area (Å²) in [6.07, 6.45) is 4.57. The predicted octanol–water partition coefficient (Wildman–Crippen LogP) is 2.98. The fraction of sp³-hybridized carbons (Fsp3) is 0.594. The first kappa shape index (κ1) is 32.3. The van der Waals surface area contributed by atoms with Gasteiger partial charge in [0, 0.05) is 24.5 Å². The number of hydrogen-bond acceptors (Lipinski definition) is 7. The number of rotatable bonds is 14. The van der Waals surface area contributed by atoms with Crippen LogP contribution in [0.5, 0.6) is 0 Å². The third kappa shape index (κ3) is 5.18. The SMILES string of the molecule is C=CCN(Cn1nnc2ccccc21)C(=O)C1N([C@@H](CO)[C@@H](C)CC)C(=O)[C@@H]2[C@@H](C(=O)N(CC=C)CCC)[C@@H]3OC12CC3Br. The molecule has 8 atom stereocenters. The number of aliphatic hydroxyl groups is 1. The van der Waals surface area contributed by atoms with Crippen LogP contribution >= 0.6 is 15.9 Å². The highest BCUT2D eigenvalue weighted by Crippen LogP contribution is 2.61. The Bertz CT molecular complexity index is 1420. The van der Waals surface area contributed by atoms with Gasteiger partial charge in [-0.3, -0.25) is 14.4 Å². The van der Waals surface area contributed by atoms with Crippen molar-refractivity contribution in [3.05, 3.63) is 49.6 Å². The first-order valence-corrected chi connectivity index (χ1v) is 16.4. The van der Waals surface area contributed by atoms with E-state index in [0.717, 1.165) is 11.9 Å². The molecule has 2 bridgehead atoms. The van der Waals surface area contributed by atoms with Crippen LogP contribution in [0.1, 0.15) is 40.0 Å². The van der Waals surface area contributed by atoms with Crippen LogP contribution in [-0.2, 0) is 25.8 Å². The Morgan fingerprint density at radius 3 is 2.57 bits per heavy atom. The highest BCUT2D eigenvalue weighted by atomic mass is 79.9. The van der Waals surface area contributed by atoms with E-state index in [2.05, 4.69) is 39.4 Å². The Kier molecular flexibility index (Phi) is 9.62. The molecule has 238 valence electrons. The summed E-state index contributed by atoms with van der Waals surface area (Å²) in [5.41, 5.74) is 0.217. The molecule has 1 N–H and O–H groups in total. The van der Waals surface area contributed by atoms with Crippen LogP contribution in [0.25, 0.3) is 11.0 Å². The average Bonchev–Trinajstić information content (AvgIpc) is 3.74. The fourth-order valence-electron chi connectivity index (χ4n) is 7.46. The Morgan fingerprint density at radius 2 is 1.91 bits per heavy atom. The zero-order valence-electron chi connectivity index (χ0n) is 25.7. The van der Waals surface area contributed by atoms with Crippen molar-refractivity contribution in [3.63, 3.8) is 0 Å². The van der Waals surface area contributed by atoms with Crippen molar-refractivity contribution in [2.24, 2.45) is 17.8 Å². The minimum Gasteiger partial charge on any atom is -0.394 e. The van der Waals surface area contributed by atoms with Gasteiger partial charge >= 0.3 is 0 Å². The van der Waals surface area contributed by atoms with Crippen LogP contribution in [0.4, 0.5) is 0 Å². The predicted molar refractivity (Wildman–Crippen MR) is 169 cm³/mol. The van der Waals surface area contributed by atoms with E-state index < -0.39 is 35.6 Å². The Hall–Kier alpha value is -3.09. The molecular formula is C32H43BrN6O5. The number of halogens is 1. The number of carbonyl (C=O) groups is 3. The second-order valence-electron chi connectivity index (χ2n) is 12.2. The monoisotopic (exact) mass is 670 g/mol. The van der Waals surface area contributed by atoms with E-state index in [9.17, 15) is 19.5 Å². The van der Waals surface area contributed by atoms with Crippen molar-refractivity contribution in [3.8, 4) is 0 Å². The number of hydrogen-bond donors (Lipinski definition) is 1. The summed E-state index contributed by atoms with van der Waals surface area (Å²) in [6, 6.07) is 5.80. The second kappa shape index (κ2) is 13.1. The van der Waals surface area contributed by atoms with Gasteiger partial charge in [0.25, 0.3) is 0 Å². The molecule has 0 aliphatic carbocycles. The molecular weight excluding hydrogens is 628 g/mol. The van der Waals surface area contributed by atoms with Crippen LogP contribution in [0, 0.1) is 17.8 Å². The molecule has 44 heavy (non-hydrogen) atoms. The first-order chi connectivity index (χ1) is 21.2. The molecule has 1 spiro atoms. The third-order valence-corrected chi connectivity index (χ3v) is 10.5. The van der Waals surface area contributed by atoms with Crippen molar-refractivity contribution in [1.29, 1.82) is 0 Å². The summed E-state index contributed by atoms with van der Waals surface area (Å²) in [5, 5.41) is 19.2. The molecule has 3 unspecified atom stereocenters. The number of aliphatic hydroxyl groups excluding tert-OH is 1. The molecule has 11 nitrogen and oxygen atoms in total. The number of likely N-dealkylation sites (tertiary alicyclic amines) is 1. The third-order valence-electron chi connectivity index (χ3n) is 9.63. The van der Waals surface area contributed by atoms with Gasteiger partial charge in [0.05, 0.1) is 36.1 Å². The van der Waals surface area contributed by atoms with Gasteiger partial charge in [-0.2, -0.15) is 0 Å². The first-order valence-electron chi connectivity index (χ1n) is 15.5. The largest absolute Gasteiger partial charge is 0.394 e. The number of ether oxygens (including phenoxy) is 1. The number of carbonyl (C=O) groups excluding carboxylic acids is 3. The van der Waals surface area contributed by atoms with Gasteiger partial charge in [-0.1, -0.05) is 72.6 Å². The molecule has 0 radical (unpaired) electrons. The molecule has 5 rings (SSSR count). The number of para-hydroxylation sites is 1. The van der Waals surface area contributed by atoms with Crippen molar-refractivity contribution in [2.45, 2.75) is 75.3 Å². The van der Waals surface area contributed by atoms with Crippen LogP contribution in [-0.4, -0.2) is 107 Å². The normalized spacial score (nSPS) is 28.6. The fourth-order valence-corrected chi connectivity index (χ4v) is 8.40. The number of amides is 3. The molecule has 4 heterocycles. The maximum absolute atomic E-state index is 14.9. The van der Waals surface area contributed by atoms with E-state index in [0.29, 0.717) is 31.4 Å². The van der Waals surface area contributed by atoms with Crippen molar-refractivity contribution >= 4 is 44.7 Å². The topological polar surface area (TPSA) is 121 Å². The smallest absolute Gasteiger partial charge is 0.250 e. The lowest BCUT2D eigenvalue weighted by molar-refractivity contribution is -0.154. The molecule has 3 saturated heterocycles. The molecule has 3 amide bonds. The van der Waals surface area contributed by atoms with Gasteiger partial charge in [0.1, 0.15) is 23.8 Å². The summed E-state index contributed by atoms with van der Waals surface area (Å²) < 4.78 is 8.39. The van der Waals surface area contributed by atoms with E-state index in [1.165, 1.54) is 0 Å². The Labute approximate surface area is 267 Å². The van der Waals surface area contributed by atoms with Crippen molar-refractivity contribution < 1.29 is 24.2 Å². The number of aromatic nitrogens is 3. The standard InChI is InChI=1S/C32H43BrN6O5/c1-6-14-36(15-7-2)29(41)25-26-30(42)39(24(18-40)20(5)9-4)28(32(26)17-21(33)27(25)44-32)31(43)37(16-8-3)19-38-23-13-11-10-12-22(23)34-35-38/h6,8,10-13,20-21,24-28,40H,1,3,7,9,14-19H2,2,4-5H3/t20-,21?,24-,25+,26-,27+,28?,32?/m0/s1. The zero-order valence-corrected chi connectivity index (χ0v) is 27.3. The quantitative estimate of drug-likeness (QED) is 0.242. The second-order valence-corrected chi connectivity index (χ2v) is 13.4. The van der Waals surface area contributed by atoms with E-state index >= 15 is 0 Å². The summed E-state index contributed by atoms with van der Waals surface area (Å²) in [6.45, 7) is 14.5. The highest BCUT2D eigenvalue weighted by Gasteiger charge is 2.77. The maximum Gasteiger partial charge on any atom is 0.250 e. The van der Waals surface area contributed by atoms with Gasteiger partial charge in [-0.15, -0.1) is 18.3 Å². The van der Waals surface area contributed by atoms with Gasteiger partial charge < -0.3 is 24.5 Å². The number of alkyl halides is 1. The minimum atomic E-state index is -1.25. The zero-order chi connectivity index (χ0) is 31.8. The minimum absolute atomic E-state index is 0.0743. The summed E-state index contributed by atoms with van der Waals surface area (Å²) in [7, 11) is 0. The molecule has 12 heteroatoms. The Balaban J connectivity index is 1.60. The lowest BCUT2D eigenvalue weighted by Gasteiger charge is -2.40. The van der Waals surface area contributed by atoms with Gasteiger partial charge in [0.15, 0.2) is 0 Å². The maximum atomic E-state index is 14.9. The lowest BCUT2D eigenvalue weighted by Crippen LogP contribution is -2.60. The van der Waals surface area contributed by atoms with Crippen LogP contribution < -0.4 is 0 Å². The number of nitrogens with zero attached hydrogens (tertiary/aromatic N) is 6. The van der Waals surface area contributed by atoms with E-state index in [1.54, 1.807) is 31.5 Å². The summed E-state index contributed by atoms with van der Waals surface area (Å²) in [4.78, 5) is 48.3. The van der Waals surface area contributed by atoms with Crippen molar-refractivity contribution in [1.82, 2.24) is 29.7 Å². The highest BCUT2D eigenvalue weighted by molar-refractivity contribution is 9.09. The molecule has 0 saturated carbocycles. The molecule has 3 fully saturated rings. The van der Waals surface area contributed by atoms with Crippen molar-refractivity contribution in [2.75, 3.05) is 26.2 Å². The number of fused-ring (bicyclic) bond motifs is 2. The van der Waals surface area contributed by atoms with E-state index in [4.69, 9.17) is 4.74 Å². The van der Waals surface area contributed by atoms with Gasteiger partial charge in [-0.25, -0.2) is 4.68 Å². The molecule has 1 aromatic carbocycles. The molecule has 3 aliphatic heterocycles. The average molecular weight is 672 g/mol. The molecule has 1 aromatic heterocycles. The lowest BCUT2D eigenvalue weighted by atomic mass is 9.70.